The highest BCUT2D eigenvalue weighted by molar-refractivity contribution is 5.98. The van der Waals surface area contributed by atoms with Gasteiger partial charge in [0.15, 0.2) is 0 Å². The highest BCUT2D eigenvalue weighted by atomic mass is 16.5. The second-order valence-electron chi connectivity index (χ2n) is 5.76. The van der Waals surface area contributed by atoms with Crippen molar-refractivity contribution < 1.29 is 9.53 Å². The van der Waals surface area contributed by atoms with E-state index in [0.717, 1.165) is 41.5 Å². The topological polar surface area (TPSA) is 64.1 Å². The summed E-state index contributed by atoms with van der Waals surface area (Å²) in [6.45, 7) is 1.35. The Hall–Kier alpha value is -2.53. The first-order valence-corrected chi connectivity index (χ1v) is 7.86. The first-order chi connectivity index (χ1) is 11.3. The number of nitrogens with zero attached hydrogens (tertiary/aromatic N) is 2. The Labute approximate surface area is 133 Å². The normalized spacial score (nSPS) is 17.7. The van der Waals surface area contributed by atoms with E-state index in [2.05, 4.69) is 15.3 Å². The maximum Gasteiger partial charge on any atom is 0.251 e. The van der Waals surface area contributed by atoms with Gasteiger partial charge in [-0.3, -0.25) is 4.79 Å². The van der Waals surface area contributed by atoms with E-state index in [0.29, 0.717) is 12.1 Å². The number of ether oxygens (including phenoxy) is 1. The molecule has 5 nitrogen and oxygen atoms in total. The van der Waals surface area contributed by atoms with E-state index in [-0.39, 0.29) is 12.0 Å². The number of aromatic nitrogens is 2. The molecule has 0 aliphatic carbocycles. The molecule has 1 amide bonds. The summed E-state index contributed by atoms with van der Waals surface area (Å²) in [6, 6.07) is 13.2. The van der Waals surface area contributed by atoms with Gasteiger partial charge in [0.2, 0.25) is 0 Å². The van der Waals surface area contributed by atoms with E-state index >= 15 is 0 Å². The molecule has 4 rings (SSSR count). The molecule has 0 radical (unpaired) electrons. The smallest absolute Gasteiger partial charge is 0.251 e. The molecule has 1 unspecified atom stereocenters. The lowest BCUT2D eigenvalue weighted by Crippen LogP contribution is -2.31. The summed E-state index contributed by atoms with van der Waals surface area (Å²) < 4.78 is 5.52. The monoisotopic (exact) mass is 307 g/mol. The number of carbonyl (C=O) groups excluding carboxylic acids is 1. The van der Waals surface area contributed by atoms with Gasteiger partial charge in [0, 0.05) is 18.7 Å². The van der Waals surface area contributed by atoms with Crippen molar-refractivity contribution in [1.82, 2.24) is 15.3 Å². The molecule has 0 bridgehead atoms. The van der Waals surface area contributed by atoms with Crippen LogP contribution >= 0.6 is 0 Å². The van der Waals surface area contributed by atoms with E-state index < -0.39 is 0 Å². The molecule has 0 spiro atoms. The van der Waals surface area contributed by atoms with Crippen LogP contribution in [0.5, 0.6) is 0 Å². The largest absolute Gasteiger partial charge is 0.376 e. The third-order valence-corrected chi connectivity index (χ3v) is 4.12. The van der Waals surface area contributed by atoms with Crippen LogP contribution in [0.3, 0.4) is 0 Å². The minimum absolute atomic E-state index is 0.0997. The zero-order valence-electron chi connectivity index (χ0n) is 12.7. The van der Waals surface area contributed by atoms with Gasteiger partial charge in [-0.2, -0.15) is 0 Å². The molecule has 116 valence electrons. The number of hydrogen-bond donors (Lipinski definition) is 1. The van der Waals surface area contributed by atoms with Crippen molar-refractivity contribution in [3.05, 3.63) is 48.0 Å². The van der Waals surface area contributed by atoms with Crippen LogP contribution in [0.15, 0.2) is 42.5 Å². The minimum Gasteiger partial charge on any atom is -0.376 e. The number of benzene rings is 2. The molecule has 1 fully saturated rings. The average Bonchev–Trinajstić information content (AvgIpc) is 3.11. The molecule has 2 heterocycles. The van der Waals surface area contributed by atoms with Crippen LogP contribution in [-0.2, 0) is 4.74 Å². The molecule has 1 aliphatic rings. The van der Waals surface area contributed by atoms with Crippen LogP contribution in [0.4, 0.5) is 0 Å². The van der Waals surface area contributed by atoms with E-state index in [1.807, 2.05) is 30.3 Å². The van der Waals surface area contributed by atoms with E-state index in [1.54, 1.807) is 12.1 Å². The number of carbonyl (C=O) groups is 1. The fourth-order valence-electron chi connectivity index (χ4n) is 2.88. The van der Waals surface area contributed by atoms with Crippen LogP contribution in [0.2, 0.25) is 0 Å². The summed E-state index contributed by atoms with van der Waals surface area (Å²) in [4.78, 5) is 21.5. The third-order valence-electron chi connectivity index (χ3n) is 4.12. The van der Waals surface area contributed by atoms with Gasteiger partial charge >= 0.3 is 0 Å². The SMILES string of the molecule is O=C(NCC1CCCO1)c1ccc2nc3ccccc3nc2c1. The van der Waals surface area contributed by atoms with E-state index in [4.69, 9.17) is 4.74 Å². The molecule has 0 saturated carbocycles. The third kappa shape index (κ3) is 2.87. The molecule has 1 saturated heterocycles. The van der Waals surface area contributed by atoms with Crippen molar-refractivity contribution >= 4 is 28.0 Å². The maximum atomic E-state index is 12.3. The van der Waals surface area contributed by atoms with Crippen LogP contribution in [0, 0.1) is 0 Å². The molecule has 5 heteroatoms. The highest BCUT2D eigenvalue weighted by Gasteiger charge is 2.17. The van der Waals surface area contributed by atoms with Crippen LogP contribution in [0.25, 0.3) is 22.1 Å². The van der Waals surface area contributed by atoms with Crippen molar-refractivity contribution in [3.8, 4) is 0 Å². The van der Waals surface area contributed by atoms with Gasteiger partial charge in [-0.05, 0) is 43.2 Å². The Balaban J connectivity index is 1.59. The summed E-state index contributed by atoms with van der Waals surface area (Å²) in [6.07, 6.45) is 2.22. The number of nitrogens with one attached hydrogen (secondary N) is 1. The van der Waals surface area contributed by atoms with Gasteiger partial charge in [-0.25, -0.2) is 9.97 Å². The molecule has 1 aromatic heterocycles. The lowest BCUT2D eigenvalue weighted by atomic mass is 10.1. The Morgan fingerprint density at radius 1 is 1.09 bits per heavy atom. The fraction of sp³-hybridized carbons (Fsp3) is 0.278. The van der Waals surface area contributed by atoms with Gasteiger partial charge in [-0.15, -0.1) is 0 Å². The van der Waals surface area contributed by atoms with Gasteiger partial charge in [-0.1, -0.05) is 12.1 Å². The number of para-hydroxylation sites is 2. The standard InChI is InChI=1S/C18H17N3O2/c22-18(19-11-13-4-3-9-23-13)12-7-8-16-17(10-12)21-15-6-2-1-5-14(15)20-16/h1-2,5-8,10,13H,3-4,9,11H2,(H,19,22). The van der Waals surface area contributed by atoms with Crippen LogP contribution in [0.1, 0.15) is 23.2 Å². The van der Waals surface area contributed by atoms with Gasteiger partial charge in [0.05, 0.1) is 28.2 Å². The Morgan fingerprint density at radius 2 is 1.83 bits per heavy atom. The summed E-state index contributed by atoms with van der Waals surface area (Å²) in [5.41, 5.74) is 3.81. The van der Waals surface area contributed by atoms with Crippen molar-refractivity contribution in [1.29, 1.82) is 0 Å². The van der Waals surface area contributed by atoms with Crippen molar-refractivity contribution in [3.63, 3.8) is 0 Å². The second kappa shape index (κ2) is 5.93. The Kier molecular flexibility index (Phi) is 3.63. The zero-order chi connectivity index (χ0) is 15.6. The number of rotatable bonds is 3. The predicted molar refractivity (Wildman–Crippen MR) is 88.4 cm³/mol. The lowest BCUT2D eigenvalue weighted by Gasteiger charge is -2.11. The lowest BCUT2D eigenvalue weighted by molar-refractivity contribution is 0.0858. The molecular formula is C18H17N3O2. The fourth-order valence-corrected chi connectivity index (χ4v) is 2.88. The molecule has 1 N–H and O–H groups in total. The van der Waals surface area contributed by atoms with Crippen molar-refractivity contribution in [2.24, 2.45) is 0 Å². The summed E-state index contributed by atoms with van der Waals surface area (Å²) in [5, 5.41) is 2.93. The number of fused-ring (bicyclic) bond motifs is 2. The van der Waals surface area contributed by atoms with E-state index in [1.165, 1.54) is 0 Å². The quantitative estimate of drug-likeness (QED) is 0.756. The van der Waals surface area contributed by atoms with E-state index in [9.17, 15) is 4.79 Å². The van der Waals surface area contributed by atoms with Gasteiger partial charge in [0.1, 0.15) is 0 Å². The van der Waals surface area contributed by atoms with Crippen molar-refractivity contribution in [2.75, 3.05) is 13.2 Å². The zero-order valence-corrected chi connectivity index (χ0v) is 12.7. The molecule has 1 atom stereocenters. The maximum absolute atomic E-state index is 12.3. The van der Waals surface area contributed by atoms with Gasteiger partial charge < -0.3 is 10.1 Å². The minimum atomic E-state index is -0.0997. The van der Waals surface area contributed by atoms with Crippen LogP contribution in [-0.4, -0.2) is 35.1 Å². The molecular weight excluding hydrogens is 290 g/mol. The highest BCUT2D eigenvalue weighted by Crippen LogP contribution is 2.17. The molecule has 2 aromatic carbocycles. The molecule has 3 aromatic rings. The van der Waals surface area contributed by atoms with Gasteiger partial charge in [0.25, 0.3) is 5.91 Å². The predicted octanol–water partition coefficient (Wildman–Crippen LogP) is 2.69. The average molecular weight is 307 g/mol. The number of hydrogen-bond acceptors (Lipinski definition) is 4. The number of amides is 1. The Bertz CT molecular complexity index is 872. The molecule has 23 heavy (non-hydrogen) atoms. The second-order valence-corrected chi connectivity index (χ2v) is 5.76. The summed E-state index contributed by atoms with van der Waals surface area (Å²) in [5.74, 6) is -0.0997. The van der Waals surface area contributed by atoms with Crippen molar-refractivity contribution in [2.45, 2.75) is 18.9 Å². The first-order valence-electron chi connectivity index (χ1n) is 7.86. The summed E-state index contributed by atoms with van der Waals surface area (Å²) >= 11 is 0. The Morgan fingerprint density at radius 3 is 2.57 bits per heavy atom. The first kappa shape index (κ1) is 14.1. The summed E-state index contributed by atoms with van der Waals surface area (Å²) in [7, 11) is 0. The van der Waals surface area contributed by atoms with Crippen LogP contribution < -0.4 is 5.32 Å². The molecule has 1 aliphatic heterocycles.